The van der Waals surface area contributed by atoms with Crippen LogP contribution in [-0.4, -0.2) is 65.2 Å². The number of aliphatic carboxylic acids is 1. The summed E-state index contributed by atoms with van der Waals surface area (Å²) >= 11 is 0. The molecule has 125 valence electrons. The number of phenols is 1. The molecule has 0 aliphatic rings. The third kappa shape index (κ3) is 6.26. The number of carboxylic acid groups (broad SMARTS) is 1. The van der Waals surface area contributed by atoms with Crippen molar-refractivity contribution in [3.63, 3.8) is 0 Å². The first-order valence-corrected chi connectivity index (χ1v) is 7.03. The van der Waals surface area contributed by atoms with Crippen LogP contribution in [-0.2, 0) is 4.79 Å². The van der Waals surface area contributed by atoms with E-state index in [9.17, 15) is 14.7 Å². The second-order valence-electron chi connectivity index (χ2n) is 4.84. The summed E-state index contributed by atoms with van der Waals surface area (Å²) in [5.74, 6) is -0.558. The van der Waals surface area contributed by atoms with E-state index >= 15 is 0 Å². The number of ether oxygens (including phenoxy) is 2. The molecule has 0 bridgehead atoms. The molecular weight excluding hydrogens is 335 g/mol. The van der Waals surface area contributed by atoms with Gasteiger partial charge in [-0.3, -0.25) is 4.79 Å². The Bertz CT molecular complexity index is 768. The number of carboxylic acids is 1. The van der Waals surface area contributed by atoms with E-state index < -0.39 is 12.6 Å². The topological polar surface area (TPSA) is 93.1 Å². The smallest absolute Gasteiger partial charge is 0.341 e. The van der Waals surface area contributed by atoms with Crippen LogP contribution in [0.1, 0.15) is 15.9 Å². The first-order valence-electron chi connectivity index (χ1n) is 7.03. The van der Waals surface area contributed by atoms with Gasteiger partial charge in [-0.2, -0.15) is 0 Å². The average molecular weight is 351 g/mol. The Morgan fingerprint density at radius 2 is 1.80 bits per heavy atom. The molecule has 0 unspecified atom stereocenters. The van der Waals surface area contributed by atoms with Gasteiger partial charge in [0.05, 0.1) is 7.11 Å². The van der Waals surface area contributed by atoms with Gasteiger partial charge in [0.2, 0.25) is 0 Å². The van der Waals surface area contributed by atoms with Gasteiger partial charge in [0.25, 0.3) is 0 Å². The van der Waals surface area contributed by atoms with E-state index in [4.69, 9.17) is 14.6 Å². The number of hydrogen-bond acceptors (Lipinski definition) is 5. The zero-order valence-corrected chi connectivity index (χ0v) is 15.9. The number of rotatable bonds is 7. The number of carbonyl (C=O) groups is 2. The minimum absolute atomic E-state index is 0. The van der Waals surface area contributed by atoms with Crippen molar-refractivity contribution in [2.75, 3.05) is 13.7 Å². The molecule has 0 aliphatic carbocycles. The standard InChI is InChI=1S/C18H16O6.Na/c1-23-17-10-12(3-9-16(17)20)2-8-15(19)13-4-6-14(7-5-13)24-11-18(21)22;/h2-10,20H,11H2,1H3,(H,21,22);. The van der Waals surface area contributed by atoms with E-state index in [0.717, 1.165) is 0 Å². The normalized spacial score (nSPS) is 10.1. The molecule has 6 nitrogen and oxygen atoms in total. The van der Waals surface area contributed by atoms with Crippen molar-refractivity contribution in [1.29, 1.82) is 0 Å². The van der Waals surface area contributed by atoms with Gasteiger partial charge in [-0.1, -0.05) is 12.1 Å². The van der Waals surface area contributed by atoms with Crippen molar-refractivity contribution in [3.05, 3.63) is 59.7 Å². The van der Waals surface area contributed by atoms with Crippen LogP contribution >= 0.6 is 0 Å². The van der Waals surface area contributed by atoms with Gasteiger partial charge in [0, 0.05) is 35.1 Å². The summed E-state index contributed by atoms with van der Waals surface area (Å²) in [6.07, 6.45) is 3.01. The van der Waals surface area contributed by atoms with Crippen molar-refractivity contribution < 1.29 is 29.3 Å². The fourth-order valence-corrected chi connectivity index (χ4v) is 1.93. The molecular formula is C18H16NaO6. The molecule has 0 spiro atoms. The molecule has 2 N–H and O–H groups in total. The van der Waals surface area contributed by atoms with Crippen molar-refractivity contribution >= 4 is 47.4 Å². The summed E-state index contributed by atoms with van der Waals surface area (Å²) in [6, 6.07) is 10.9. The van der Waals surface area contributed by atoms with Crippen LogP contribution < -0.4 is 9.47 Å². The summed E-state index contributed by atoms with van der Waals surface area (Å²) in [7, 11) is 1.45. The van der Waals surface area contributed by atoms with Gasteiger partial charge in [-0.15, -0.1) is 0 Å². The molecule has 0 heterocycles. The maximum Gasteiger partial charge on any atom is 0.341 e. The molecule has 0 saturated carbocycles. The Morgan fingerprint density at radius 3 is 2.40 bits per heavy atom. The van der Waals surface area contributed by atoms with E-state index in [2.05, 4.69) is 0 Å². The molecule has 0 amide bonds. The van der Waals surface area contributed by atoms with Gasteiger partial charge in [-0.25, -0.2) is 4.79 Å². The summed E-state index contributed by atoms with van der Waals surface area (Å²) in [5, 5.41) is 18.1. The number of benzene rings is 2. The molecule has 1 radical (unpaired) electrons. The molecule has 2 aromatic rings. The number of methoxy groups -OCH3 is 1. The fraction of sp³-hybridized carbons (Fsp3) is 0.111. The van der Waals surface area contributed by atoms with Crippen LogP contribution in [0.2, 0.25) is 0 Å². The second kappa shape index (κ2) is 9.88. The van der Waals surface area contributed by atoms with Gasteiger partial charge in [-0.05, 0) is 48.0 Å². The van der Waals surface area contributed by atoms with Gasteiger partial charge < -0.3 is 19.7 Å². The van der Waals surface area contributed by atoms with Crippen LogP contribution in [0, 0.1) is 0 Å². The first-order chi connectivity index (χ1) is 11.5. The average Bonchev–Trinajstić information content (AvgIpc) is 2.59. The van der Waals surface area contributed by atoms with Gasteiger partial charge >= 0.3 is 5.97 Å². The molecule has 25 heavy (non-hydrogen) atoms. The maximum atomic E-state index is 12.1. The fourth-order valence-electron chi connectivity index (χ4n) is 1.93. The van der Waals surface area contributed by atoms with Crippen molar-refractivity contribution in [2.45, 2.75) is 0 Å². The van der Waals surface area contributed by atoms with Crippen molar-refractivity contribution in [1.82, 2.24) is 0 Å². The van der Waals surface area contributed by atoms with E-state index in [0.29, 0.717) is 22.6 Å². The maximum absolute atomic E-state index is 12.1. The minimum Gasteiger partial charge on any atom is -0.504 e. The predicted octanol–water partition coefficient (Wildman–Crippen LogP) is 2.38. The Labute approximate surface area is 167 Å². The third-order valence-corrected chi connectivity index (χ3v) is 3.13. The van der Waals surface area contributed by atoms with Crippen LogP contribution in [0.3, 0.4) is 0 Å². The van der Waals surface area contributed by atoms with E-state index in [1.165, 1.54) is 31.4 Å². The zero-order chi connectivity index (χ0) is 17.5. The summed E-state index contributed by atoms with van der Waals surface area (Å²) in [6.45, 7) is -0.435. The molecule has 0 atom stereocenters. The van der Waals surface area contributed by atoms with E-state index in [1.807, 2.05) is 0 Å². The van der Waals surface area contributed by atoms with Gasteiger partial charge in [0.15, 0.2) is 23.9 Å². The number of ketones is 1. The summed E-state index contributed by atoms with van der Waals surface area (Å²) in [5.41, 5.74) is 1.15. The molecule has 0 aliphatic heterocycles. The summed E-state index contributed by atoms with van der Waals surface area (Å²) < 4.78 is 10.0. The molecule has 2 aromatic carbocycles. The summed E-state index contributed by atoms with van der Waals surface area (Å²) in [4.78, 5) is 22.5. The van der Waals surface area contributed by atoms with Crippen LogP contribution in [0.15, 0.2) is 48.5 Å². The number of hydrogen-bond donors (Lipinski definition) is 2. The third-order valence-electron chi connectivity index (χ3n) is 3.13. The molecule has 0 saturated heterocycles. The quantitative estimate of drug-likeness (QED) is 0.452. The van der Waals surface area contributed by atoms with Crippen LogP contribution in [0.4, 0.5) is 0 Å². The van der Waals surface area contributed by atoms with Crippen LogP contribution in [0.25, 0.3) is 6.08 Å². The Kier molecular flexibility index (Phi) is 8.21. The number of allylic oxidation sites excluding steroid dienone is 1. The Balaban J connectivity index is 0.00000312. The van der Waals surface area contributed by atoms with E-state index in [-0.39, 0.29) is 41.1 Å². The Morgan fingerprint density at radius 1 is 1.12 bits per heavy atom. The van der Waals surface area contributed by atoms with Crippen molar-refractivity contribution in [2.24, 2.45) is 0 Å². The number of phenolic OH excluding ortho intramolecular Hbond substituents is 1. The molecule has 7 heteroatoms. The zero-order valence-electron chi connectivity index (χ0n) is 13.9. The SMILES string of the molecule is COc1cc(C=CC(=O)c2ccc(OCC(=O)O)cc2)ccc1O.[Na]. The molecule has 0 aromatic heterocycles. The second-order valence-corrected chi connectivity index (χ2v) is 4.84. The largest absolute Gasteiger partial charge is 0.504 e. The predicted molar refractivity (Wildman–Crippen MR) is 93.4 cm³/mol. The van der Waals surface area contributed by atoms with Gasteiger partial charge in [0.1, 0.15) is 5.75 Å². The monoisotopic (exact) mass is 351 g/mol. The number of carbonyl (C=O) groups excluding carboxylic acids is 1. The number of aromatic hydroxyl groups is 1. The van der Waals surface area contributed by atoms with Crippen molar-refractivity contribution in [3.8, 4) is 17.2 Å². The molecule has 0 fully saturated rings. The van der Waals surface area contributed by atoms with Crippen LogP contribution in [0.5, 0.6) is 17.2 Å². The van der Waals surface area contributed by atoms with E-state index in [1.54, 1.807) is 30.3 Å². The molecule has 2 rings (SSSR count). The Hall–Kier alpha value is -2.28. The first kappa shape index (κ1) is 20.8. The minimum atomic E-state index is -1.07.